The summed E-state index contributed by atoms with van der Waals surface area (Å²) >= 11 is 3.44. The quantitative estimate of drug-likeness (QED) is 0.882. The van der Waals surface area contributed by atoms with E-state index in [1.54, 1.807) is 0 Å². The first-order valence-corrected chi connectivity index (χ1v) is 7.20. The Morgan fingerprint density at radius 1 is 1.39 bits per heavy atom. The molecule has 0 aromatic heterocycles. The van der Waals surface area contributed by atoms with Crippen molar-refractivity contribution in [2.45, 2.75) is 44.7 Å². The third-order valence-corrected chi connectivity index (χ3v) is 4.16. The molecule has 3 N–H and O–H groups in total. The molecule has 1 amide bonds. The van der Waals surface area contributed by atoms with Gasteiger partial charge in [-0.05, 0) is 53.4 Å². The van der Waals surface area contributed by atoms with Crippen molar-refractivity contribution >= 4 is 21.8 Å². The van der Waals surface area contributed by atoms with Crippen LogP contribution in [0.25, 0.3) is 0 Å². The van der Waals surface area contributed by atoms with Crippen molar-refractivity contribution in [2.24, 2.45) is 5.73 Å². The molecular weight excluding hydrogens is 292 g/mol. The van der Waals surface area contributed by atoms with E-state index >= 15 is 0 Å². The largest absolute Gasteiger partial charge is 0.348 e. The standard InChI is InChI=1S/C14H19BrN2O/c1-9-6-7-10(11(15)8-9)14(18)17-13-5-3-2-4-12(13)16/h6-8,12-13H,2-5,16H2,1H3,(H,17,18). The van der Waals surface area contributed by atoms with Gasteiger partial charge in [0.2, 0.25) is 0 Å². The SMILES string of the molecule is Cc1ccc(C(=O)NC2CCCCC2N)c(Br)c1. The third kappa shape index (κ3) is 3.12. The summed E-state index contributed by atoms with van der Waals surface area (Å²) in [5.74, 6) is -0.0378. The van der Waals surface area contributed by atoms with Crippen molar-refractivity contribution in [3.63, 3.8) is 0 Å². The fraction of sp³-hybridized carbons (Fsp3) is 0.500. The number of rotatable bonds is 2. The smallest absolute Gasteiger partial charge is 0.252 e. The third-order valence-electron chi connectivity index (χ3n) is 3.51. The molecule has 2 atom stereocenters. The number of hydrogen-bond donors (Lipinski definition) is 2. The second-order valence-electron chi connectivity index (χ2n) is 5.01. The second kappa shape index (κ2) is 5.85. The molecule has 2 unspecified atom stereocenters. The van der Waals surface area contributed by atoms with Gasteiger partial charge in [0.15, 0.2) is 0 Å². The molecule has 1 aromatic rings. The summed E-state index contributed by atoms with van der Waals surface area (Å²) in [5, 5.41) is 3.05. The molecule has 1 aliphatic carbocycles. The highest BCUT2D eigenvalue weighted by Crippen LogP contribution is 2.21. The molecule has 18 heavy (non-hydrogen) atoms. The maximum Gasteiger partial charge on any atom is 0.252 e. The van der Waals surface area contributed by atoms with Crippen molar-refractivity contribution in [3.05, 3.63) is 33.8 Å². The molecule has 0 bridgehead atoms. The lowest BCUT2D eigenvalue weighted by molar-refractivity contribution is 0.0920. The number of carbonyl (C=O) groups excluding carboxylic acids is 1. The monoisotopic (exact) mass is 310 g/mol. The van der Waals surface area contributed by atoms with Crippen LogP contribution in [0.3, 0.4) is 0 Å². The van der Waals surface area contributed by atoms with Crippen LogP contribution < -0.4 is 11.1 Å². The zero-order valence-electron chi connectivity index (χ0n) is 10.6. The Labute approximate surface area is 116 Å². The predicted molar refractivity (Wildman–Crippen MR) is 76.6 cm³/mol. The van der Waals surface area contributed by atoms with Gasteiger partial charge in [0.05, 0.1) is 5.56 Å². The lowest BCUT2D eigenvalue weighted by atomic mass is 9.91. The Morgan fingerprint density at radius 2 is 2.11 bits per heavy atom. The number of benzene rings is 1. The molecule has 4 heteroatoms. The van der Waals surface area contributed by atoms with Gasteiger partial charge >= 0.3 is 0 Å². The van der Waals surface area contributed by atoms with E-state index in [2.05, 4.69) is 21.2 Å². The highest BCUT2D eigenvalue weighted by Gasteiger charge is 2.24. The lowest BCUT2D eigenvalue weighted by Gasteiger charge is -2.29. The van der Waals surface area contributed by atoms with E-state index < -0.39 is 0 Å². The number of amides is 1. The van der Waals surface area contributed by atoms with Gasteiger partial charge in [-0.1, -0.05) is 18.9 Å². The molecule has 1 aromatic carbocycles. The van der Waals surface area contributed by atoms with Crippen LogP contribution in [0.1, 0.15) is 41.6 Å². The van der Waals surface area contributed by atoms with Crippen molar-refractivity contribution in [2.75, 3.05) is 0 Å². The number of nitrogens with two attached hydrogens (primary N) is 1. The van der Waals surface area contributed by atoms with Gasteiger partial charge in [-0.15, -0.1) is 0 Å². The van der Waals surface area contributed by atoms with Gasteiger partial charge in [0.25, 0.3) is 5.91 Å². The molecule has 0 spiro atoms. The summed E-state index contributed by atoms with van der Waals surface area (Å²) in [5.41, 5.74) is 7.85. The summed E-state index contributed by atoms with van der Waals surface area (Å²) in [6, 6.07) is 5.95. The van der Waals surface area contributed by atoms with Crippen LogP contribution in [0.4, 0.5) is 0 Å². The summed E-state index contributed by atoms with van der Waals surface area (Å²) in [4.78, 5) is 12.2. The van der Waals surface area contributed by atoms with Gasteiger partial charge in [0, 0.05) is 16.6 Å². The number of carbonyl (C=O) groups is 1. The average molecular weight is 311 g/mol. The summed E-state index contributed by atoms with van der Waals surface area (Å²) < 4.78 is 0.837. The topological polar surface area (TPSA) is 55.1 Å². The summed E-state index contributed by atoms with van der Waals surface area (Å²) in [6.45, 7) is 2.00. The van der Waals surface area contributed by atoms with Crippen LogP contribution in [0.15, 0.2) is 22.7 Å². The zero-order chi connectivity index (χ0) is 13.1. The fourth-order valence-electron chi connectivity index (χ4n) is 2.39. The van der Waals surface area contributed by atoms with Crippen molar-refractivity contribution in [1.82, 2.24) is 5.32 Å². The number of aryl methyl sites for hydroxylation is 1. The van der Waals surface area contributed by atoms with Gasteiger partial charge < -0.3 is 11.1 Å². The van der Waals surface area contributed by atoms with E-state index in [9.17, 15) is 4.79 Å². The summed E-state index contributed by atoms with van der Waals surface area (Å²) in [7, 11) is 0. The number of halogens is 1. The zero-order valence-corrected chi connectivity index (χ0v) is 12.2. The van der Waals surface area contributed by atoms with Gasteiger partial charge in [-0.25, -0.2) is 0 Å². The number of nitrogens with one attached hydrogen (secondary N) is 1. The van der Waals surface area contributed by atoms with E-state index in [0.29, 0.717) is 5.56 Å². The highest BCUT2D eigenvalue weighted by molar-refractivity contribution is 9.10. The van der Waals surface area contributed by atoms with Gasteiger partial charge in [0.1, 0.15) is 0 Å². The number of hydrogen-bond acceptors (Lipinski definition) is 2. The van der Waals surface area contributed by atoms with Crippen LogP contribution in [0.5, 0.6) is 0 Å². The van der Waals surface area contributed by atoms with Gasteiger partial charge in [-0.3, -0.25) is 4.79 Å². The highest BCUT2D eigenvalue weighted by atomic mass is 79.9. The summed E-state index contributed by atoms with van der Waals surface area (Å²) in [6.07, 6.45) is 4.30. The minimum atomic E-state index is -0.0378. The Kier molecular flexibility index (Phi) is 4.40. The Bertz CT molecular complexity index is 447. The first kappa shape index (κ1) is 13.6. The first-order chi connectivity index (χ1) is 8.58. The van der Waals surface area contributed by atoms with Crippen LogP contribution in [-0.4, -0.2) is 18.0 Å². The molecule has 1 saturated carbocycles. The maximum absolute atomic E-state index is 12.2. The van der Waals surface area contributed by atoms with E-state index in [0.717, 1.165) is 29.3 Å². The molecule has 2 rings (SSSR count). The van der Waals surface area contributed by atoms with Gasteiger partial charge in [-0.2, -0.15) is 0 Å². The average Bonchev–Trinajstić information content (AvgIpc) is 2.32. The Balaban J connectivity index is 2.07. The van der Waals surface area contributed by atoms with E-state index in [1.807, 2.05) is 25.1 Å². The minimum absolute atomic E-state index is 0.0378. The molecule has 3 nitrogen and oxygen atoms in total. The Morgan fingerprint density at radius 3 is 2.78 bits per heavy atom. The molecule has 98 valence electrons. The van der Waals surface area contributed by atoms with Crippen molar-refractivity contribution in [1.29, 1.82) is 0 Å². The van der Waals surface area contributed by atoms with E-state index in [1.165, 1.54) is 6.42 Å². The van der Waals surface area contributed by atoms with Crippen LogP contribution in [0.2, 0.25) is 0 Å². The molecule has 0 aliphatic heterocycles. The molecular formula is C14H19BrN2O. The molecule has 1 fully saturated rings. The molecule has 1 aliphatic rings. The first-order valence-electron chi connectivity index (χ1n) is 6.40. The normalized spacial score (nSPS) is 23.7. The van der Waals surface area contributed by atoms with Crippen LogP contribution in [-0.2, 0) is 0 Å². The van der Waals surface area contributed by atoms with E-state index in [4.69, 9.17) is 5.73 Å². The Hall–Kier alpha value is -0.870. The fourth-order valence-corrected chi connectivity index (χ4v) is 3.06. The molecule has 0 saturated heterocycles. The molecule has 0 radical (unpaired) electrons. The minimum Gasteiger partial charge on any atom is -0.348 e. The molecule has 0 heterocycles. The van der Waals surface area contributed by atoms with Crippen molar-refractivity contribution in [3.8, 4) is 0 Å². The predicted octanol–water partition coefficient (Wildman–Crippen LogP) is 2.76. The van der Waals surface area contributed by atoms with E-state index in [-0.39, 0.29) is 18.0 Å². The second-order valence-corrected chi connectivity index (χ2v) is 5.87. The van der Waals surface area contributed by atoms with Crippen molar-refractivity contribution < 1.29 is 4.79 Å². The van der Waals surface area contributed by atoms with Crippen LogP contribution >= 0.6 is 15.9 Å². The lowest BCUT2D eigenvalue weighted by Crippen LogP contribution is -2.49. The van der Waals surface area contributed by atoms with Crippen LogP contribution in [0, 0.1) is 6.92 Å². The maximum atomic E-state index is 12.2.